The largest absolute Gasteiger partial charge is 0.478 e. The van der Waals surface area contributed by atoms with E-state index in [1.165, 1.54) is 12.1 Å². The number of nitrogen functional groups attached to an aromatic ring is 1. The van der Waals surface area contributed by atoms with E-state index in [4.69, 9.17) is 22.1 Å². The van der Waals surface area contributed by atoms with Gasteiger partial charge < -0.3 is 10.5 Å². The molecule has 0 radical (unpaired) electrons. The third-order valence-electron chi connectivity index (χ3n) is 1.65. The molecule has 0 spiro atoms. The van der Waals surface area contributed by atoms with Gasteiger partial charge in [0.05, 0.1) is 6.61 Å². The van der Waals surface area contributed by atoms with Crippen molar-refractivity contribution in [2.45, 2.75) is 19.0 Å². The van der Waals surface area contributed by atoms with Gasteiger partial charge in [-0.1, -0.05) is 11.6 Å². The minimum absolute atomic E-state index is 0.0771. The second-order valence-electron chi connectivity index (χ2n) is 3.13. The average Bonchev–Trinajstić information content (AvgIpc) is 2.09. The van der Waals surface area contributed by atoms with Gasteiger partial charge in [-0.25, -0.2) is 4.98 Å². The second kappa shape index (κ2) is 5.25. The maximum atomic E-state index is 11.8. The molecule has 7 heteroatoms. The lowest BCUT2D eigenvalue weighted by Gasteiger charge is -2.08. The van der Waals surface area contributed by atoms with Crippen molar-refractivity contribution in [2.24, 2.45) is 0 Å². The highest BCUT2D eigenvalue weighted by molar-refractivity contribution is 6.29. The zero-order chi connectivity index (χ0) is 12.2. The van der Waals surface area contributed by atoms with Crippen molar-refractivity contribution in [3.8, 4) is 5.88 Å². The maximum Gasteiger partial charge on any atom is 0.389 e. The number of alkyl halides is 3. The van der Waals surface area contributed by atoms with Gasteiger partial charge in [0.25, 0.3) is 0 Å². The fourth-order valence-corrected chi connectivity index (χ4v) is 1.22. The zero-order valence-corrected chi connectivity index (χ0v) is 8.98. The van der Waals surface area contributed by atoms with Crippen LogP contribution in [0.3, 0.4) is 0 Å². The lowest BCUT2D eigenvalue weighted by atomic mass is 10.3. The van der Waals surface area contributed by atoms with E-state index in [9.17, 15) is 13.2 Å². The molecule has 0 atom stereocenters. The summed E-state index contributed by atoms with van der Waals surface area (Å²) in [6, 6.07) is 2.82. The van der Waals surface area contributed by atoms with E-state index in [0.29, 0.717) is 5.69 Å². The second-order valence-corrected chi connectivity index (χ2v) is 3.52. The molecule has 16 heavy (non-hydrogen) atoms. The third-order valence-corrected chi connectivity index (χ3v) is 1.84. The molecule has 0 bridgehead atoms. The third kappa shape index (κ3) is 5.06. The van der Waals surface area contributed by atoms with Crippen LogP contribution in [0.5, 0.6) is 5.88 Å². The Morgan fingerprint density at radius 2 is 2.06 bits per heavy atom. The van der Waals surface area contributed by atoms with Gasteiger partial charge in [-0.15, -0.1) is 0 Å². The van der Waals surface area contributed by atoms with Gasteiger partial charge in [-0.2, -0.15) is 13.2 Å². The molecule has 1 heterocycles. The summed E-state index contributed by atoms with van der Waals surface area (Å²) in [4.78, 5) is 3.75. The Labute approximate surface area is 95.4 Å². The molecule has 0 amide bonds. The molecule has 0 unspecified atom stereocenters. The summed E-state index contributed by atoms with van der Waals surface area (Å²) in [7, 11) is 0. The van der Waals surface area contributed by atoms with Gasteiger partial charge in [-0.3, -0.25) is 0 Å². The summed E-state index contributed by atoms with van der Waals surface area (Å²) in [5.74, 6) is 0.132. The van der Waals surface area contributed by atoms with Crippen molar-refractivity contribution in [3.05, 3.63) is 17.3 Å². The van der Waals surface area contributed by atoms with Crippen LogP contribution >= 0.6 is 11.6 Å². The molecule has 1 rings (SSSR count). The number of hydrogen-bond acceptors (Lipinski definition) is 3. The first kappa shape index (κ1) is 12.9. The fraction of sp³-hybridized carbons (Fsp3) is 0.444. The molecule has 1 aromatic heterocycles. The number of ether oxygens (including phenoxy) is 1. The molecule has 0 fully saturated rings. The zero-order valence-electron chi connectivity index (χ0n) is 8.22. The molecule has 0 aliphatic rings. The van der Waals surface area contributed by atoms with Crippen LogP contribution in [0.1, 0.15) is 12.8 Å². The van der Waals surface area contributed by atoms with Crippen molar-refractivity contribution in [3.63, 3.8) is 0 Å². The molecule has 3 nitrogen and oxygen atoms in total. The maximum absolute atomic E-state index is 11.8. The Bertz CT molecular complexity index is 337. The first-order valence-electron chi connectivity index (χ1n) is 4.49. The number of pyridine rings is 1. The van der Waals surface area contributed by atoms with Crippen molar-refractivity contribution in [1.82, 2.24) is 4.98 Å². The summed E-state index contributed by atoms with van der Waals surface area (Å²) in [6.45, 7) is -0.0771. The topological polar surface area (TPSA) is 48.1 Å². The summed E-state index contributed by atoms with van der Waals surface area (Å²) in [5.41, 5.74) is 5.80. The summed E-state index contributed by atoms with van der Waals surface area (Å²) >= 11 is 5.58. The van der Waals surface area contributed by atoms with Crippen LogP contribution < -0.4 is 10.5 Å². The highest BCUT2D eigenvalue weighted by Crippen LogP contribution is 2.22. The van der Waals surface area contributed by atoms with Crippen LogP contribution in [0, 0.1) is 0 Å². The van der Waals surface area contributed by atoms with E-state index < -0.39 is 12.6 Å². The van der Waals surface area contributed by atoms with Gasteiger partial charge in [0, 0.05) is 18.2 Å². The summed E-state index contributed by atoms with van der Waals surface area (Å²) < 4.78 is 40.4. The number of nitrogens with zero attached hydrogens (tertiary/aromatic N) is 1. The molecule has 0 aromatic carbocycles. The van der Waals surface area contributed by atoms with Crippen LogP contribution in [-0.4, -0.2) is 17.8 Å². The van der Waals surface area contributed by atoms with E-state index in [-0.39, 0.29) is 24.1 Å². The number of hydrogen-bond donors (Lipinski definition) is 1. The van der Waals surface area contributed by atoms with Gasteiger partial charge in [0.15, 0.2) is 0 Å². The molecule has 0 saturated heterocycles. The van der Waals surface area contributed by atoms with Crippen molar-refractivity contribution >= 4 is 17.3 Å². The van der Waals surface area contributed by atoms with Crippen molar-refractivity contribution in [1.29, 1.82) is 0 Å². The van der Waals surface area contributed by atoms with E-state index in [2.05, 4.69) is 4.98 Å². The molecular weight excluding hydrogens is 245 g/mol. The van der Waals surface area contributed by atoms with Gasteiger partial charge in [0.2, 0.25) is 5.88 Å². The van der Waals surface area contributed by atoms with Gasteiger partial charge in [-0.05, 0) is 12.5 Å². The molecule has 1 aromatic rings. The molecule has 0 aliphatic heterocycles. The summed E-state index contributed by atoms with van der Waals surface area (Å²) in [5, 5.41) is 0.144. The fourth-order valence-electron chi connectivity index (χ4n) is 1.01. The lowest BCUT2D eigenvalue weighted by Crippen LogP contribution is -2.10. The smallest absolute Gasteiger partial charge is 0.389 e. The first-order chi connectivity index (χ1) is 7.37. The van der Waals surface area contributed by atoms with E-state index in [1.54, 1.807) is 0 Å². The first-order valence-corrected chi connectivity index (χ1v) is 4.87. The Hall–Kier alpha value is -1.17. The molecular formula is C9H10ClF3N2O. The normalized spacial score (nSPS) is 11.5. The Morgan fingerprint density at radius 3 is 2.62 bits per heavy atom. The molecule has 0 aliphatic carbocycles. The average molecular weight is 255 g/mol. The number of rotatable bonds is 4. The number of anilines is 1. The van der Waals surface area contributed by atoms with Gasteiger partial charge >= 0.3 is 6.18 Å². The molecule has 0 saturated carbocycles. The monoisotopic (exact) mass is 254 g/mol. The molecule has 2 N–H and O–H groups in total. The van der Waals surface area contributed by atoms with Crippen molar-refractivity contribution in [2.75, 3.05) is 12.3 Å². The van der Waals surface area contributed by atoms with Crippen LogP contribution in [-0.2, 0) is 0 Å². The summed E-state index contributed by atoms with van der Waals surface area (Å²) in [6.07, 6.45) is -5.18. The number of aromatic nitrogens is 1. The highest BCUT2D eigenvalue weighted by Gasteiger charge is 2.26. The van der Waals surface area contributed by atoms with Gasteiger partial charge in [0.1, 0.15) is 5.15 Å². The minimum atomic E-state index is -4.16. The predicted octanol–water partition coefficient (Wildman–Crippen LogP) is 3.04. The van der Waals surface area contributed by atoms with E-state index in [0.717, 1.165) is 0 Å². The lowest BCUT2D eigenvalue weighted by molar-refractivity contribution is -0.136. The highest BCUT2D eigenvalue weighted by atomic mass is 35.5. The predicted molar refractivity (Wildman–Crippen MR) is 54.4 cm³/mol. The molecule has 90 valence electrons. The number of halogens is 4. The quantitative estimate of drug-likeness (QED) is 0.664. The Balaban J connectivity index is 2.37. The Kier molecular flexibility index (Phi) is 4.23. The van der Waals surface area contributed by atoms with Crippen LogP contribution in [0.25, 0.3) is 0 Å². The van der Waals surface area contributed by atoms with E-state index in [1.807, 2.05) is 0 Å². The Morgan fingerprint density at radius 1 is 1.38 bits per heavy atom. The van der Waals surface area contributed by atoms with Crippen LogP contribution in [0.15, 0.2) is 12.1 Å². The van der Waals surface area contributed by atoms with E-state index >= 15 is 0 Å². The minimum Gasteiger partial charge on any atom is -0.478 e. The van der Waals surface area contributed by atoms with Crippen LogP contribution in [0.2, 0.25) is 5.15 Å². The van der Waals surface area contributed by atoms with Crippen molar-refractivity contribution < 1.29 is 17.9 Å². The SMILES string of the molecule is Nc1cc(Cl)nc(OCCCC(F)(F)F)c1. The standard InChI is InChI=1S/C9H10ClF3N2O/c10-7-4-6(14)5-8(15-7)16-3-1-2-9(11,12)13/h4-5H,1-3H2,(H2,14,15). The van der Waals surface area contributed by atoms with Crippen LogP contribution in [0.4, 0.5) is 18.9 Å². The number of nitrogens with two attached hydrogens (primary N) is 1.